The maximum absolute atomic E-state index is 11.4. The molecule has 25 heavy (non-hydrogen) atoms. The van der Waals surface area contributed by atoms with Gasteiger partial charge in [-0.2, -0.15) is 0 Å². The van der Waals surface area contributed by atoms with Crippen LogP contribution in [0.1, 0.15) is 23.5 Å². The molecule has 2 aromatic rings. The van der Waals surface area contributed by atoms with Crippen molar-refractivity contribution < 1.29 is 4.92 Å². The molecule has 4 rings (SSSR count). The van der Waals surface area contributed by atoms with Crippen molar-refractivity contribution in [3.8, 4) is 0 Å². The van der Waals surface area contributed by atoms with Crippen molar-refractivity contribution in [1.82, 2.24) is 4.90 Å². The molecule has 2 heterocycles. The number of rotatable bonds is 3. The summed E-state index contributed by atoms with van der Waals surface area (Å²) in [6.45, 7) is 4.22. The minimum absolute atomic E-state index is 0.178. The number of anilines is 1. The van der Waals surface area contributed by atoms with Crippen molar-refractivity contribution >= 4 is 23.3 Å². The number of fused-ring (bicyclic) bond motifs is 3. The molecule has 0 radical (unpaired) electrons. The van der Waals surface area contributed by atoms with Crippen LogP contribution in [-0.2, 0) is 0 Å². The van der Waals surface area contributed by atoms with Crippen LogP contribution in [0.15, 0.2) is 47.4 Å². The summed E-state index contributed by atoms with van der Waals surface area (Å²) in [7, 11) is 2.17. The van der Waals surface area contributed by atoms with Crippen LogP contribution in [-0.4, -0.2) is 36.0 Å². The highest BCUT2D eigenvalue weighted by molar-refractivity contribution is 8.00. The Morgan fingerprint density at radius 3 is 2.84 bits per heavy atom. The van der Waals surface area contributed by atoms with Crippen LogP contribution in [0.4, 0.5) is 11.4 Å². The SMILES string of the molecule is Cc1ccc2c(c1)[C@H]1CN(C)CC[C@H]1N2Sc1ccccc1[N+](=O)[O-]. The van der Waals surface area contributed by atoms with E-state index in [2.05, 4.69) is 41.4 Å². The van der Waals surface area contributed by atoms with Crippen molar-refractivity contribution in [2.75, 3.05) is 24.4 Å². The zero-order valence-corrected chi connectivity index (χ0v) is 15.2. The Morgan fingerprint density at radius 2 is 2.04 bits per heavy atom. The van der Waals surface area contributed by atoms with E-state index in [4.69, 9.17) is 0 Å². The van der Waals surface area contributed by atoms with E-state index in [0.717, 1.165) is 19.5 Å². The molecule has 0 aromatic heterocycles. The van der Waals surface area contributed by atoms with Crippen LogP contribution in [0.25, 0.3) is 0 Å². The lowest BCUT2D eigenvalue weighted by Crippen LogP contribution is -2.42. The molecule has 0 N–H and O–H groups in total. The molecule has 0 spiro atoms. The third kappa shape index (κ3) is 2.89. The van der Waals surface area contributed by atoms with E-state index in [-0.39, 0.29) is 10.6 Å². The van der Waals surface area contributed by atoms with E-state index in [1.807, 2.05) is 12.1 Å². The predicted molar refractivity (Wildman–Crippen MR) is 101 cm³/mol. The molecule has 1 fully saturated rings. The predicted octanol–water partition coefficient (Wildman–Crippen LogP) is 4.22. The lowest BCUT2D eigenvalue weighted by atomic mass is 9.89. The standard InChI is InChI=1S/C19H21N3O2S/c1-13-7-8-16-14(11-13)15-12-20(2)10-9-17(15)21(16)25-19-6-4-3-5-18(19)22(23)24/h3-8,11,15,17H,9-10,12H2,1-2H3/t15-,17-/m1/s1. The first-order valence-corrected chi connectivity index (χ1v) is 9.31. The van der Waals surface area contributed by atoms with Crippen LogP contribution in [0.3, 0.4) is 0 Å². The molecule has 130 valence electrons. The van der Waals surface area contributed by atoms with Crippen molar-refractivity contribution in [3.63, 3.8) is 0 Å². The largest absolute Gasteiger partial charge is 0.308 e. The van der Waals surface area contributed by atoms with Gasteiger partial charge in [0, 0.05) is 18.5 Å². The molecule has 0 bridgehead atoms. The molecule has 5 nitrogen and oxygen atoms in total. The molecular formula is C19H21N3O2S. The summed E-state index contributed by atoms with van der Waals surface area (Å²) in [5.74, 6) is 0.462. The van der Waals surface area contributed by atoms with Crippen molar-refractivity contribution in [1.29, 1.82) is 0 Å². The highest BCUT2D eigenvalue weighted by Crippen LogP contribution is 2.50. The van der Waals surface area contributed by atoms with Crippen LogP contribution in [0.5, 0.6) is 0 Å². The number of aryl methyl sites for hydroxylation is 1. The molecule has 0 aliphatic carbocycles. The molecule has 2 atom stereocenters. The van der Waals surface area contributed by atoms with Gasteiger partial charge in [-0.3, -0.25) is 10.1 Å². The van der Waals surface area contributed by atoms with Gasteiger partial charge in [-0.05, 0) is 56.6 Å². The van der Waals surface area contributed by atoms with Gasteiger partial charge in [0.2, 0.25) is 0 Å². The second-order valence-corrected chi connectivity index (χ2v) is 7.94. The van der Waals surface area contributed by atoms with E-state index in [1.54, 1.807) is 12.1 Å². The summed E-state index contributed by atoms with van der Waals surface area (Å²) in [4.78, 5) is 14.2. The molecular weight excluding hydrogens is 334 g/mol. The number of piperidine rings is 1. The van der Waals surface area contributed by atoms with E-state index in [1.165, 1.54) is 28.8 Å². The second-order valence-electron chi connectivity index (χ2n) is 6.93. The molecule has 2 aliphatic heterocycles. The first kappa shape index (κ1) is 16.4. The number of hydrogen-bond donors (Lipinski definition) is 0. The van der Waals surface area contributed by atoms with Gasteiger partial charge >= 0.3 is 0 Å². The Bertz CT molecular complexity index is 826. The molecule has 2 aliphatic rings. The first-order chi connectivity index (χ1) is 12.0. The quantitative estimate of drug-likeness (QED) is 0.469. The fraction of sp³-hybridized carbons (Fsp3) is 0.368. The third-order valence-electron chi connectivity index (χ3n) is 5.16. The summed E-state index contributed by atoms with van der Waals surface area (Å²) < 4.78 is 2.31. The normalized spacial score (nSPS) is 22.6. The van der Waals surface area contributed by atoms with Gasteiger partial charge in [0.25, 0.3) is 5.69 Å². The summed E-state index contributed by atoms with van der Waals surface area (Å²) in [6, 6.07) is 14.0. The summed E-state index contributed by atoms with van der Waals surface area (Å²) in [5.41, 5.74) is 4.03. The Labute approximate surface area is 151 Å². The number of nitrogens with zero attached hydrogens (tertiary/aromatic N) is 3. The van der Waals surface area contributed by atoms with Crippen molar-refractivity contribution in [2.24, 2.45) is 0 Å². The topological polar surface area (TPSA) is 49.6 Å². The third-order valence-corrected chi connectivity index (χ3v) is 6.37. The smallest absolute Gasteiger partial charge is 0.284 e. The Kier molecular flexibility index (Phi) is 4.17. The number of hydrogen-bond acceptors (Lipinski definition) is 5. The van der Waals surface area contributed by atoms with Crippen molar-refractivity contribution in [3.05, 3.63) is 63.7 Å². The minimum atomic E-state index is -0.291. The fourth-order valence-corrected chi connectivity index (χ4v) is 5.19. The number of para-hydroxylation sites is 1. The Hall–Kier alpha value is -2.05. The molecule has 0 amide bonds. The van der Waals surface area contributed by atoms with Gasteiger partial charge in [-0.1, -0.05) is 29.8 Å². The van der Waals surface area contributed by atoms with E-state index >= 15 is 0 Å². The number of nitro groups is 1. The minimum Gasteiger partial charge on any atom is -0.308 e. The molecule has 0 unspecified atom stereocenters. The van der Waals surface area contributed by atoms with Crippen LogP contribution >= 0.6 is 11.9 Å². The fourth-order valence-electron chi connectivity index (χ4n) is 3.95. The highest BCUT2D eigenvalue weighted by Gasteiger charge is 2.42. The zero-order valence-electron chi connectivity index (χ0n) is 14.4. The summed E-state index contributed by atoms with van der Waals surface area (Å²) in [5, 5.41) is 11.4. The van der Waals surface area contributed by atoms with Crippen LogP contribution in [0.2, 0.25) is 0 Å². The molecule has 1 saturated heterocycles. The monoisotopic (exact) mass is 355 g/mol. The van der Waals surface area contributed by atoms with E-state index < -0.39 is 0 Å². The Morgan fingerprint density at radius 1 is 1.24 bits per heavy atom. The molecule has 2 aromatic carbocycles. The van der Waals surface area contributed by atoms with E-state index in [9.17, 15) is 10.1 Å². The number of likely N-dealkylation sites (tertiary alicyclic amines) is 1. The summed E-state index contributed by atoms with van der Waals surface area (Å²) >= 11 is 1.51. The van der Waals surface area contributed by atoms with Gasteiger partial charge in [-0.25, -0.2) is 0 Å². The van der Waals surface area contributed by atoms with Crippen LogP contribution in [0, 0.1) is 17.0 Å². The maximum atomic E-state index is 11.4. The number of nitro benzene ring substituents is 1. The second kappa shape index (κ2) is 6.35. The van der Waals surface area contributed by atoms with Gasteiger partial charge in [0.1, 0.15) is 4.90 Å². The van der Waals surface area contributed by atoms with Gasteiger partial charge in [0.05, 0.1) is 16.7 Å². The molecule has 0 saturated carbocycles. The number of likely N-dealkylation sites (N-methyl/N-ethyl adjacent to an activating group) is 1. The number of benzene rings is 2. The van der Waals surface area contributed by atoms with Gasteiger partial charge in [0.15, 0.2) is 0 Å². The maximum Gasteiger partial charge on any atom is 0.284 e. The summed E-state index contributed by atoms with van der Waals surface area (Å²) in [6.07, 6.45) is 1.07. The average Bonchev–Trinajstić information content (AvgIpc) is 2.88. The van der Waals surface area contributed by atoms with Gasteiger partial charge < -0.3 is 9.21 Å². The lowest BCUT2D eigenvalue weighted by Gasteiger charge is -2.36. The van der Waals surface area contributed by atoms with Gasteiger partial charge in [-0.15, -0.1) is 0 Å². The van der Waals surface area contributed by atoms with E-state index in [0.29, 0.717) is 16.9 Å². The van der Waals surface area contributed by atoms with Crippen LogP contribution < -0.4 is 4.31 Å². The highest BCUT2D eigenvalue weighted by atomic mass is 32.2. The Balaban J connectivity index is 1.74. The lowest BCUT2D eigenvalue weighted by molar-refractivity contribution is -0.387. The van der Waals surface area contributed by atoms with Crippen molar-refractivity contribution in [2.45, 2.75) is 30.2 Å². The first-order valence-electron chi connectivity index (χ1n) is 8.54. The average molecular weight is 355 g/mol. The zero-order chi connectivity index (χ0) is 17.6. The molecule has 6 heteroatoms.